The Balaban J connectivity index is 1.17. The van der Waals surface area contributed by atoms with Gasteiger partial charge in [0.1, 0.15) is 46.6 Å². The molecule has 0 saturated carbocycles. The molecule has 0 radical (unpaired) electrons. The van der Waals surface area contributed by atoms with Crippen LogP contribution in [0.15, 0.2) is 54.7 Å². The molecule has 1 amide bonds. The van der Waals surface area contributed by atoms with Gasteiger partial charge in [-0.3, -0.25) is 4.79 Å². The largest absolute Gasteiger partial charge is 0.378 e. The molecule has 0 unspecified atom stereocenters. The fraction of sp³-hybridized carbons (Fsp3) is 0.400. The third kappa shape index (κ3) is 6.39. The van der Waals surface area contributed by atoms with Crippen LogP contribution >= 0.6 is 0 Å². The van der Waals surface area contributed by atoms with Gasteiger partial charge in [0.15, 0.2) is 11.5 Å². The predicted octanol–water partition coefficient (Wildman–Crippen LogP) is 5.31. The topological polar surface area (TPSA) is 122 Å². The van der Waals surface area contributed by atoms with Gasteiger partial charge in [0.25, 0.3) is 0 Å². The zero-order valence-corrected chi connectivity index (χ0v) is 31.6. The first-order valence-corrected chi connectivity index (χ1v) is 18.9. The van der Waals surface area contributed by atoms with Crippen LogP contribution in [0.2, 0.25) is 0 Å². The fourth-order valence-corrected chi connectivity index (χ4v) is 8.52. The maximum Gasteiger partial charge on any atom is 0.245 e. The number of aromatic nitrogens is 7. The number of aryl methyl sites for hydroxylation is 1. The van der Waals surface area contributed by atoms with Crippen molar-refractivity contribution in [3.8, 4) is 16.9 Å². The molecule has 2 fully saturated rings. The van der Waals surface area contributed by atoms with Crippen molar-refractivity contribution in [1.82, 2.24) is 44.1 Å². The molecule has 16 heteroatoms. The number of nitrogens with one attached hydrogen (secondary N) is 1. The van der Waals surface area contributed by atoms with Gasteiger partial charge in [-0.15, -0.1) is 0 Å². The summed E-state index contributed by atoms with van der Waals surface area (Å²) < 4.78 is 53.8. The van der Waals surface area contributed by atoms with Crippen molar-refractivity contribution < 1.29 is 22.7 Å². The minimum absolute atomic E-state index is 0.0230. The quantitative estimate of drug-likeness (QED) is 0.253. The van der Waals surface area contributed by atoms with Gasteiger partial charge >= 0.3 is 0 Å². The van der Waals surface area contributed by atoms with Gasteiger partial charge < -0.3 is 29.3 Å². The van der Waals surface area contributed by atoms with Crippen molar-refractivity contribution in [2.24, 2.45) is 0 Å². The maximum absolute atomic E-state index is 15.3. The molecular weight excluding hydrogens is 724 g/mol. The zero-order chi connectivity index (χ0) is 38.8. The van der Waals surface area contributed by atoms with Crippen LogP contribution < -0.4 is 10.2 Å². The Morgan fingerprint density at radius 3 is 2.52 bits per heavy atom. The monoisotopic (exact) mass is 765 g/mol. The average molecular weight is 766 g/mol. The number of nitrogens with zero attached hydrogens (tertiary/aromatic N) is 10. The lowest BCUT2D eigenvalue weighted by molar-refractivity contribution is -0.132. The van der Waals surface area contributed by atoms with E-state index < -0.39 is 29.6 Å². The zero-order valence-electron chi connectivity index (χ0n) is 31.6. The van der Waals surface area contributed by atoms with E-state index in [0.29, 0.717) is 70.6 Å². The lowest BCUT2D eigenvalue weighted by Crippen LogP contribution is -2.47. The molecular formula is C40H42F3N11O2. The van der Waals surface area contributed by atoms with E-state index in [2.05, 4.69) is 27.3 Å². The van der Waals surface area contributed by atoms with Crippen LogP contribution in [0.5, 0.6) is 0 Å². The molecule has 290 valence electrons. The first-order valence-electron chi connectivity index (χ1n) is 18.9. The number of likely N-dealkylation sites (tertiary alicyclic amines) is 1. The number of methoxy groups -OCH3 is 1. The second kappa shape index (κ2) is 14.2. The van der Waals surface area contributed by atoms with Gasteiger partial charge in [0.2, 0.25) is 5.91 Å². The molecule has 4 bridgehead atoms. The van der Waals surface area contributed by atoms with E-state index in [1.165, 1.54) is 28.9 Å². The lowest BCUT2D eigenvalue weighted by atomic mass is 9.96. The third-order valence-electron chi connectivity index (χ3n) is 11.5. The Bertz CT molecular complexity index is 2480. The van der Waals surface area contributed by atoms with Crippen LogP contribution in [0, 0.1) is 24.4 Å². The van der Waals surface area contributed by atoms with E-state index in [9.17, 15) is 9.18 Å². The standard InChI is InChI=1S/C40H42F3N11O2/c1-22-45-32-16-25(42)14-28-31-6-5-7-35(47-31)46-26-17-34(40(55)51(3)20-27(56-4)21-52(22)36(28)32)53(19-26)38-29-18-44-54(33-9-8-24(41)15-30(33)43)39(29)49-37(48-38)23-10-12-50(2)13-11-23/h5-9,14-16,18,23,26-27,34H,10-13,17,19-21H2,1-4H3,(H,46,47)/t26-,27-,34-/m0/s1. The molecule has 4 aromatic heterocycles. The Morgan fingerprint density at radius 1 is 0.911 bits per heavy atom. The highest BCUT2D eigenvalue weighted by atomic mass is 19.1. The first-order chi connectivity index (χ1) is 27.0. The number of benzene rings is 2. The molecule has 6 aromatic rings. The molecule has 3 atom stereocenters. The number of imidazole rings is 1. The number of pyridine rings is 1. The number of carbonyl (C=O) groups is 1. The number of hydrogen-bond donors (Lipinski definition) is 1. The minimum atomic E-state index is -0.774. The summed E-state index contributed by atoms with van der Waals surface area (Å²) in [6.45, 7) is 4.59. The van der Waals surface area contributed by atoms with Gasteiger partial charge in [0, 0.05) is 56.9 Å². The number of likely N-dealkylation sites (N-methyl/N-ethyl adjacent to an activating group) is 1. The average Bonchev–Trinajstić information content (AvgIpc) is 3.88. The van der Waals surface area contributed by atoms with Gasteiger partial charge in [-0.2, -0.15) is 5.10 Å². The highest BCUT2D eigenvalue weighted by Gasteiger charge is 2.41. The van der Waals surface area contributed by atoms with Gasteiger partial charge in [-0.25, -0.2) is 37.8 Å². The highest BCUT2D eigenvalue weighted by Crippen LogP contribution is 2.37. The summed E-state index contributed by atoms with van der Waals surface area (Å²) >= 11 is 0. The first kappa shape index (κ1) is 36.1. The summed E-state index contributed by atoms with van der Waals surface area (Å²) in [5.41, 5.74) is 2.85. The molecule has 0 aliphatic carbocycles. The molecule has 2 aromatic carbocycles. The van der Waals surface area contributed by atoms with Gasteiger partial charge in [-0.05, 0) is 76.7 Å². The molecule has 0 spiro atoms. The Kier molecular flexibility index (Phi) is 9.11. The number of amides is 1. The fourth-order valence-electron chi connectivity index (χ4n) is 8.52. The second-order valence-corrected chi connectivity index (χ2v) is 15.2. The molecule has 7 heterocycles. The van der Waals surface area contributed by atoms with Crippen molar-refractivity contribution in [3.05, 3.63) is 83.8 Å². The third-order valence-corrected chi connectivity index (χ3v) is 11.5. The van der Waals surface area contributed by atoms with E-state index in [1.807, 2.05) is 34.6 Å². The smallest absolute Gasteiger partial charge is 0.245 e. The van der Waals surface area contributed by atoms with E-state index in [0.717, 1.165) is 37.5 Å². The summed E-state index contributed by atoms with van der Waals surface area (Å²) in [5.74, 6) is 0.354. The minimum Gasteiger partial charge on any atom is -0.378 e. The summed E-state index contributed by atoms with van der Waals surface area (Å²) in [7, 11) is 5.46. The molecule has 9 rings (SSSR count). The van der Waals surface area contributed by atoms with E-state index in [-0.39, 0.29) is 30.1 Å². The van der Waals surface area contributed by atoms with Crippen molar-refractivity contribution in [2.45, 2.75) is 56.8 Å². The number of anilines is 2. The summed E-state index contributed by atoms with van der Waals surface area (Å²) in [5, 5.41) is 8.66. The number of piperidine rings is 1. The Morgan fingerprint density at radius 2 is 1.73 bits per heavy atom. The lowest BCUT2D eigenvalue weighted by Gasteiger charge is -2.32. The molecule has 13 nitrogen and oxygen atoms in total. The Labute approximate surface area is 321 Å². The Hall–Kier alpha value is -5.61. The van der Waals surface area contributed by atoms with Gasteiger partial charge in [-0.1, -0.05) is 6.07 Å². The van der Waals surface area contributed by atoms with Gasteiger partial charge in [0.05, 0.1) is 41.0 Å². The summed E-state index contributed by atoms with van der Waals surface area (Å²) in [4.78, 5) is 40.5. The number of fused-ring (bicyclic) bond motifs is 6. The number of carbonyl (C=O) groups excluding carboxylic acids is 1. The highest BCUT2D eigenvalue weighted by molar-refractivity contribution is 5.94. The van der Waals surface area contributed by atoms with Crippen LogP contribution in [0.25, 0.3) is 39.0 Å². The number of halogens is 3. The molecule has 56 heavy (non-hydrogen) atoms. The molecule has 3 aliphatic rings. The van der Waals surface area contributed by atoms with Crippen LogP contribution in [-0.2, 0) is 16.1 Å². The SMILES string of the molecule is CO[C@H]1CN(C)C(=O)[C@@H]2C[C@@H](CN2c2nc(C3CCN(C)CC3)nc3c2cnn3-c2ccc(F)cc2F)Nc2cccc(n2)-c2cc(F)cc3nc(C)n(c23)C1. The molecule has 3 aliphatic heterocycles. The van der Waals surface area contributed by atoms with E-state index in [1.54, 1.807) is 25.3 Å². The summed E-state index contributed by atoms with van der Waals surface area (Å²) in [6.07, 6.45) is 3.21. The van der Waals surface area contributed by atoms with Crippen LogP contribution in [0.1, 0.15) is 36.8 Å². The van der Waals surface area contributed by atoms with E-state index >= 15 is 8.78 Å². The molecule has 2 saturated heterocycles. The van der Waals surface area contributed by atoms with Crippen LogP contribution in [0.4, 0.5) is 24.8 Å². The normalized spacial score (nSPS) is 21.1. The van der Waals surface area contributed by atoms with Crippen molar-refractivity contribution >= 4 is 39.6 Å². The number of hydrogen-bond acceptors (Lipinski definition) is 10. The van der Waals surface area contributed by atoms with Crippen LogP contribution in [-0.4, -0.2) is 116 Å². The van der Waals surface area contributed by atoms with Crippen molar-refractivity contribution in [3.63, 3.8) is 0 Å². The van der Waals surface area contributed by atoms with E-state index in [4.69, 9.17) is 19.7 Å². The maximum atomic E-state index is 15.3. The van der Waals surface area contributed by atoms with Crippen LogP contribution in [0.3, 0.4) is 0 Å². The predicted molar refractivity (Wildman–Crippen MR) is 205 cm³/mol. The second-order valence-electron chi connectivity index (χ2n) is 15.2. The number of rotatable bonds is 4. The summed E-state index contributed by atoms with van der Waals surface area (Å²) in [6, 6.07) is 10.9. The molecule has 1 N–H and O–H groups in total. The number of ether oxygens (including phenoxy) is 1. The van der Waals surface area contributed by atoms with Crippen molar-refractivity contribution in [2.75, 3.05) is 57.6 Å². The van der Waals surface area contributed by atoms with Crippen molar-refractivity contribution in [1.29, 1.82) is 0 Å².